The summed E-state index contributed by atoms with van der Waals surface area (Å²) in [5.74, 6) is -1.25. The maximum Gasteiger partial charge on any atom is 0.355 e. The summed E-state index contributed by atoms with van der Waals surface area (Å²) in [4.78, 5) is 25.4. The monoisotopic (exact) mass is 313 g/mol. The van der Waals surface area contributed by atoms with Crippen LogP contribution in [0.5, 0.6) is 0 Å². The normalized spacial score (nSPS) is 10.6. The molecule has 0 saturated heterocycles. The molecule has 0 radical (unpaired) electrons. The average Bonchev–Trinajstić information content (AvgIpc) is 2.74. The van der Waals surface area contributed by atoms with Crippen LogP contribution >= 0.6 is 15.9 Å². The highest BCUT2D eigenvalue weighted by Crippen LogP contribution is 2.30. The minimum absolute atomic E-state index is 0.0257. The van der Waals surface area contributed by atoms with Crippen molar-refractivity contribution in [1.82, 2.24) is 4.98 Å². The van der Waals surface area contributed by atoms with Crippen LogP contribution in [0, 0.1) is 5.82 Å². The maximum atomic E-state index is 13.7. The van der Waals surface area contributed by atoms with E-state index in [0.717, 1.165) is 0 Å². The quantitative estimate of drug-likeness (QED) is 0.700. The summed E-state index contributed by atoms with van der Waals surface area (Å²) in [6, 6.07) is 2.72. The minimum Gasteiger partial charge on any atom is -0.461 e. The van der Waals surface area contributed by atoms with E-state index in [2.05, 4.69) is 20.9 Å². The van der Waals surface area contributed by atoms with Gasteiger partial charge in [-0.2, -0.15) is 0 Å². The highest BCUT2D eigenvalue weighted by molar-refractivity contribution is 9.10. The Kier molecular flexibility index (Phi) is 3.47. The Bertz CT molecular complexity index is 636. The lowest BCUT2D eigenvalue weighted by Gasteiger charge is -1.99. The first-order valence-electron chi connectivity index (χ1n) is 5.22. The van der Waals surface area contributed by atoms with E-state index in [4.69, 9.17) is 4.74 Å². The molecule has 4 nitrogen and oxygen atoms in total. The second kappa shape index (κ2) is 4.89. The lowest BCUT2D eigenvalue weighted by atomic mass is 10.1. The number of ether oxygens (including phenoxy) is 1. The lowest BCUT2D eigenvalue weighted by molar-refractivity contribution is 0.0518. The molecule has 0 saturated carbocycles. The van der Waals surface area contributed by atoms with Crippen LogP contribution in [0.2, 0.25) is 0 Å². The predicted molar refractivity (Wildman–Crippen MR) is 67.3 cm³/mol. The van der Waals surface area contributed by atoms with E-state index in [9.17, 15) is 14.0 Å². The molecule has 6 heteroatoms. The maximum absolute atomic E-state index is 13.7. The third kappa shape index (κ3) is 1.92. The summed E-state index contributed by atoms with van der Waals surface area (Å²) in [5.41, 5.74) is 0.301. The van der Waals surface area contributed by atoms with Crippen molar-refractivity contribution in [3.05, 3.63) is 33.7 Å². The molecule has 1 heterocycles. The largest absolute Gasteiger partial charge is 0.461 e. The van der Waals surface area contributed by atoms with Gasteiger partial charge in [0.15, 0.2) is 6.29 Å². The number of fused-ring (bicyclic) bond motifs is 1. The Balaban J connectivity index is 2.76. The van der Waals surface area contributed by atoms with Crippen LogP contribution in [-0.2, 0) is 4.74 Å². The fourth-order valence-electron chi connectivity index (χ4n) is 1.74. The van der Waals surface area contributed by atoms with E-state index in [1.54, 1.807) is 6.92 Å². The molecule has 0 aliphatic carbocycles. The number of hydrogen-bond donors (Lipinski definition) is 1. The van der Waals surface area contributed by atoms with Gasteiger partial charge in [0, 0.05) is 9.86 Å². The van der Waals surface area contributed by atoms with Crippen molar-refractivity contribution < 1.29 is 18.7 Å². The second-order valence-corrected chi connectivity index (χ2v) is 4.39. The van der Waals surface area contributed by atoms with E-state index < -0.39 is 11.8 Å². The van der Waals surface area contributed by atoms with Crippen LogP contribution in [0.15, 0.2) is 16.6 Å². The predicted octanol–water partition coefficient (Wildman–Crippen LogP) is 3.06. The summed E-state index contributed by atoms with van der Waals surface area (Å²) in [6.45, 7) is 1.83. The van der Waals surface area contributed by atoms with Gasteiger partial charge < -0.3 is 9.72 Å². The summed E-state index contributed by atoms with van der Waals surface area (Å²) in [5, 5.41) is 0.0856. The Labute approximate surface area is 110 Å². The van der Waals surface area contributed by atoms with E-state index in [1.807, 2.05) is 0 Å². The highest BCUT2D eigenvalue weighted by Gasteiger charge is 2.21. The molecule has 1 aromatic heterocycles. The van der Waals surface area contributed by atoms with E-state index >= 15 is 0 Å². The van der Waals surface area contributed by atoms with Gasteiger partial charge in [-0.25, -0.2) is 9.18 Å². The number of aromatic nitrogens is 1. The van der Waals surface area contributed by atoms with Gasteiger partial charge in [0.1, 0.15) is 11.5 Å². The molecule has 0 aliphatic rings. The lowest BCUT2D eigenvalue weighted by Crippen LogP contribution is -2.07. The minimum atomic E-state index is -0.679. The average molecular weight is 314 g/mol. The number of halogens is 2. The molecule has 0 spiro atoms. The number of H-pyrrole nitrogens is 1. The van der Waals surface area contributed by atoms with Crippen LogP contribution < -0.4 is 0 Å². The van der Waals surface area contributed by atoms with Crippen LogP contribution in [-0.4, -0.2) is 23.8 Å². The smallest absolute Gasteiger partial charge is 0.355 e. The van der Waals surface area contributed by atoms with E-state index in [-0.39, 0.29) is 23.3 Å². The molecular formula is C12H9BrFNO3. The van der Waals surface area contributed by atoms with Gasteiger partial charge in [0.05, 0.1) is 17.7 Å². The Morgan fingerprint density at radius 3 is 2.89 bits per heavy atom. The first-order chi connectivity index (χ1) is 8.60. The summed E-state index contributed by atoms with van der Waals surface area (Å²) in [6.07, 6.45) is 0.445. The number of esters is 1. The molecule has 0 aliphatic heterocycles. The fourth-order valence-corrected chi connectivity index (χ4v) is 2.17. The van der Waals surface area contributed by atoms with Crippen molar-refractivity contribution in [3.63, 3.8) is 0 Å². The van der Waals surface area contributed by atoms with Crippen LogP contribution in [0.3, 0.4) is 0 Å². The molecule has 0 amide bonds. The first-order valence-corrected chi connectivity index (χ1v) is 6.01. The summed E-state index contributed by atoms with van der Waals surface area (Å²) < 4.78 is 19.1. The van der Waals surface area contributed by atoms with Crippen LogP contribution in [0.25, 0.3) is 10.9 Å². The van der Waals surface area contributed by atoms with Crippen molar-refractivity contribution in [1.29, 1.82) is 0 Å². The first kappa shape index (κ1) is 12.8. The number of hydrogen-bond acceptors (Lipinski definition) is 3. The number of benzene rings is 1. The van der Waals surface area contributed by atoms with Crippen molar-refractivity contribution in [2.24, 2.45) is 0 Å². The Hall–Kier alpha value is -1.69. The van der Waals surface area contributed by atoms with Gasteiger partial charge in [-0.15, -0.1) is 0 Å². The molecule has 2 rings (SSSR count). The van der Waals surface area contributed by atoms with Crippen LogP contribution in [0.4, 0.5) is 4.39 Å². The highest BCUT2D eigenvalue weighted by atomic mass is 79.9. The number of nitrogens with one attached hydrogen (secondary N) is 1. The van der Waals surface area contributed by atoms with E-state index in [1.165, 1.54) is 12.1 Å². The van der Waals surface area contributed by atoms with Gasteiger partial charge in [-0.05, 0) is 35.0 Å². The van der Waals surface area contributed by atoms with Crippen molar-refractivity contribution in [3.8, 4) is 0 Å². The standard InChI is InChI=1S/C12H9BrFNO3/c1-2-18-12(17)10-6(5-16)9-8(14)4-3-7(13)11(9)15-10/h3-5,15H,2H2,1H3. The third-order valence-electron chi connectivity index (χ3n) is 2.49. The molecule has 18 heavy (non-hydrogen) atoms. The number of aromatic amines is 1. The van der Waals surface area contributed by atoms with Gasteiger partial charge >= 0.3 is 5.97 Å². The molecule has 0 atom stereocenters. The molecule has 94 valence electrons. The number of aldehydes is 1. The molecule has 0 fully saturated rings. The number of rotatable bonds is 3. The third-order valence-corrected chi connectivity index (χ3v) is 3.15. The number of carbonyl (C=O) groups is 2. The second-order valence-electron chi connectivity index (χ2n) is 3.53. The zero-order chi connectivity index (χ0) is 13.3. The molecule has 1 N–H and O–H groups in total. The van der Waals surface area contributed by atoms with Crippen molar-refractivity contribution in [2.45, 2.75) is 6.92 Å². The SMILES string of the molecule is CCOC(=O)c1[nH]c2c(Br)ccc(F)c2c1C=O. The van der Waals surface area contributed by atoms with Gasteiger partial charge in [0.2, 0.25) is 0 Å². The summed E-state index contributed by atoms with van der Waals surface area (Å²) >= 11 is 3.23. The van der Waals surface area contributed by atoms with Gasteiger partial charge in [0.25, 0.3) is 0 Å². The van der Waals surface area contributed by atoms with Crippen molar-refractivity contribution >= 4 is 39.1 Å². The van der Waals surface area contributed by atoms with Gasteiger partial charge in [-0.3, -0.25) is 4.79 Å². The Morgan fingerprint density at radius 2 is 2.28 bits per heavy atom. The molecule has 0 unspecified atom stereocenters. The topological polar surface area (TPSA) is 59.2 Å². The van der Waals surface area contributed by atoms with Gasteiger partial charge in [-0.1, -0.05) is 0 Å². The molecule has 2 aromatic rings. The van der Waals surface area contributed by atoms with Crippen molar-refractivity contribution in [2.75, 3.05) is 6.61 Å². The number of carbonyl (C=O) groups excluding carboxylic acids is 2. The molecular weight excluding hydrogens is 305 g/mol. The molecule has 1 aromatic carbocycles. The molecule has 0 bridgehead atoms. The zero-order valence-corrected chi connectivity index (χ0v) is 11.0. The summed E-state index contributed by atoms with van der Waals surface area (Å²) in [7, 11) is 0. The van der Waals surface area contributed by atoms with E-state index in [0.29, 0.717) is 16.3 Å². The van der Waals surface area contributed by atoms with Crippen LogP contribution in [0.1, 0.15) is 27.8 Å². The fraction of sp³-hybridized carbons (Fsp3) is 0.167. The Morgan fingerprint density at radius 1 is 1.56 bits per heavy atom. The zero-order valence-electron chi connectivity index (χ0n) is 9.42.